The highest BCUT2D eigenvalue weighted by molar-refractivity contribution is 5.66. The molecule has 1 N–H and O–H groups in total. The predicted molar refractivity (Wildman–Crippen MR) is 80.8 cm³/mol. The van der Waals surface area contributed by atoms with Crippen LogP contribution in [0.4, 0.5) is 0 Å². The Hall–Kier alpha value is -1.55. The molecule has 1 atom stereocenters. The molecule has 2 aliphatic rings. The summed E-state index contributed by atoms with van der Waals surface area (Å²) >= 11 is 0. The van der Waals surface area contributed by atoms with Crippen LogP contribution in [0.2, 0.25) is 0 Å². The van der Waals surface area contributed by atoms with Crippen LogP contribution < -0.4 is 4.74 Å². The molecule has 0 radical (unpaired) electrons. The Morgan fingerprint density at radius 3 is 3.05 bits per heavy atom. The van der Waals surface area contributed by atoms with Crippen molar-refractivity contribution >= 4 is 5.97 Å². The van der Waals surface area contributed by atoms with Gasteiger partial charge in [-0.05, 0) is 36.5 Å². The molecule has 0 aromatic heterocycles. The summed E-state index contributed by atoms with van der Waals surface area (Å²) in [6.45, 7) is 4.58. The lowest BCUT2D eigenvalue weighted by molar-refractivity contribution is -0.137. The van der Waals surface area contributed by atoms with Gasteiger partial charge in [-0.1, -0.05) is 19.1 Å². The SMILES string of the molecule is CCc1ccc2c(c1)OC1(CC2)CCN(CCC(=O)O)C1. The van der Waals surface area contributed by atoms with Gasteiger partial charge in [-0.15, -0.1) is 0 Å². The molecule has 0 saturated carbocycles. The zero-order valence-corrected chi connectivity index (χ0v) is 12.6. The van der Waals surface area contributed by atoms with E-state index < -0.39 is 5.97 Å². The van der Waals surface area contributed by atoms with Crippen molar-refractivity contribution < 1.29 is 14.6 Å². The summed E-state index contributed by atoms with van der Waals surface area (Å²) in [5.41, 5.74) is 2.52. The quantitative estimate of drug-likeness (QED) is 0.925. The second kappa shape index (κ2) is 5.68. The Morgan fingerprint density at radius 2 is 2.29 bits per heavy atom. The van der Waals surface area contributed by atoms with Gasteiger partial charge in [-0.2, -0.15) is 0 Å². The molecule has 1 aromatic carbocycles. The number of fused-ring (bicyclic) bond motifs is 1. The number of hydrogen-bond acceptors (Lipinski definition) is 3. The minimum absolute atomic E-state index is 0.0993. The molecule has 1 spiro atoms. The Balaban J connectivity index is 1.69. The minimum Gasteiger partial charge on any atom is -0.486 e. The Bertz CT molecular complexity index is 543. The molecule has 114 valence electrons. The number of aryl methyl sites for hydroxylation is 2. The summed E-state index contributed by atoms with van der Waals surface area (Å²) < 4.78 is 6.37. The number of aliphatic carboxylic acids is 1. The van der Waals surface area contributed by atoms with Crippen LogP contribution in [0.15, 0.2) is 18.2 Å². The summed E-state index contributed by atoms with van der Waals surface area (Å²) in [6.07, 6.45) is 4.34. The van der Waals surface area contributed by atoms with Gasteiger partial charge < -0.3 is 9.84 Å². The number of likely N-dealkylation sites (tertiary alicyclic amines) is 1. The van der Waals surface area contributed by atoms with E-state index in [1.54, 1.807) is 0 Å². The van der Waals surface area contributed by atoms with Crippen LogP contribution in [0, 0.1) is 0 Å². The van der Waals surface area contributed by atoms with Crippen molar-refractivity contribution in [3.8, 4) is 5.75 Å². The molecule has 21 heavy (non-hydrogen) atoms. The Morgan fingerprint density at radius 1 is 1.43 bits per heavy atom. The molecule has 2 heterocycles. The predicted octanol–water partition coefficient (Wildman–Crippen LogP) is 2.49. The van der Waals surface area contributed by atoms with Crippen molar-refractivity contribution in [3.63, 3.8) is 0 Å². The number of carboxylic acids is 1. The van der Waals surface area contributed by atoms with Gasteiger partial charge in [0.2, 0.25) is 0 Å². The van der Waals surface area contributed by atoms with Crippen LogP contribution in [-0.4, -0.2) is 41.2 Å². The van der Waals surface area contributed by atoms with Gasteiger partial charge in [0.05, 0.1) is 6.42 Å². The standard InChI is InChI=1S/C17H23NO3/c1-2-13-3-4-14-5-7-17(21-15(14)11-13)8-10-18(12-17)9-6-16(19)20/h3-4,11H,2,5-10,12H2,1H3,(H,19,20). The zero-order valence-electron chi connectivity index (χ0n) is 12.6. The van der Waals surface area contributed by atoms with Crippen molar-refractivity contribution in [2.75, 3.05) is 19.6 Å². The summed E-state index contributed by atoms with van der Waals surface area (Å²) in [7, 11) is 0. The number of ether oxygens (including phenoxy) is 1. The van der Waals surface area contributed by atoms with Crippen molar-refractivity contribution in [2.45, 2.75) is 44.6 Å². The third-order valence-corrected chi connectivity index (χ3v) is 4.75. The number of carbonyl (C=O) groups is 1. The minimum atomic E-state index is -0.724. The van der Waals surface area contributed by atoms with Crippen LogP contribution in [0.3, 0.4) is 0 Å². The molecule has 1 fully saturated rings. The van der Waals surface area contributed by atoms with E-state index in [9.17, 15) is 4.79 Å². The van der Waals surface area contributed by atoms with Crippen LogP contribution in [0.1, 0.15) is 37.3 Å². The van der Waals surface area contributed by atoms with Gasteiger partial charge in [-0.3, -0.25) is 9.69 Å². The van der Waals surface area contributed by atoms with E-state index in [0.29, 0.717) is 6.54 Å². The summed E-state index contributed by atoms with van der Waals surface area (Å²) in [4.78, 5) is 12.9. The highest BCUT2D eigenvalue weighted by Gasteiger charge is 2.42. The number of carboxylic acid groups (broad SMARTS) is 1. The van der Waals surface area contributed by atoms with Gasteiger partial charge in [-0.25, -0.2) is 0 Å². The topological polar surface area (TPSA) is 49.8 Å². The second-order valence-corrected chi connectivity index (χ2v) is 6.25. The normalized spacial score (nSPS) is 24.8. The van der Waals surface area contributed by atoms with Crippen LogP contribution >= 0.6 is 0 Å². The average Bonchev–Trinajstić information content (AvgIpc) is 2.87. The summed E-state index contributed by atoms with van der Waals surface area (Å²) in [5, 5.41) is 8.81. The van der Waals surface area contributed by atoms with Gasteiger partial charge in [0.1, 0.15) is 11.4 Å². The van der Waals surface area contributed by atoms with Crippen LogP contribution in [0.5, 0.6) is 5.75 Å². The first-order valence-corrected chi connectivity index (χ1v) is 7.85. The number of nitrogens with zero attached hydrogens (tertiary/aromatic N) is 1. The number of rotatable bonds is 4. The first-order chi connectivity index (χ1) is 10.1. The summed E-state index contributed by atoms with van der Waals surface area (Å²) in [6, 6.07) is 6.56. The summed E-state index contributed by atoms with van der Waals surface area (Å²) in [5.74, 6) is 0.319. The third-order valence-electron chi connectivity index (χ3n) is 4.75. The van der Waals surface area contributed by atoms with Crippen molar-refractivity contribution in [1.29, 1.82) is 0 Å². The number of benzene rings is 1. The lowest BCUT2D eigenvalue weighted by Gasteiger charge is -2.36. The van der Waals surface area contributed by atoms with Crippen molar-refractivity contribution in [2.24, 2.45) is 0 Å². The van der Waals surface area contributed by atoms with Gasteiger partial charge >= 0.3 is 5.97 Å². The van der Waals surface area contributed by atoms with Crippen molar-refractivity contribution in [3.05, 3.63) is 29.3 Å². The van der Waals surface area contributed by atoms with E-state index in [-0.39, 0.29) is 12.0 Å². The van der Waals surface area contributed by atoms with Crippen molar-refractivity contribution in [1.82, 2.24) is 4.90 Å². The first-order valence-electron chi connectivity index (χ1n) is 7.85. The molecule has 1 aromatic rings. The molecular formula is C17H23NO3. The molecule has 0 bridgehead atoms. The molecule has 1 saturated heterocycles. The first kappa shape index (κ1) is 14.4. The maximum Gasteiger partial charge on any atom is 0.304 e. The lowest BCUT2D eigenvalue weighted by atomic mass is 9.89. The molecule has 2 aliphatic heterocycles. The third kappa shape index (κ3) is 3.05. The average molecular weight is 289 g/mol. The second-order valence-electron chi connectivity index (χ2n) is 6.25. The number of hydrogen-bond donors (Lipinski definition) is 1. The molecule has 0 amide bonds. The monoisotopic (exact) mass is 289 g/mol. The highest BCUT2D eigenvalue weighted by atomic mass is 16.5. The van der Waals surface area contributed by atoms with E-state index in [4.69, 9.17) is 9.84 Å². The van der Waals surface area contributed by atoms with Gasteiger partial charge in [0.25, 0.3) is 0 Å². The van der Waals surface area contributed by atoms with E-state index >= 15 is 0 Å². The fourth-order valence-electron chi connectivity index (χ4n) is 3.43. The molecule has 3 rings (SSSR count). The van der Waals surface area contributed by atoms with Crippen LogP contribution in [-0.2, 0) is 17.6 Å². The fraction of sp³-hybridized carbons (Fsp3) is 0.588. The molecule has 4 nitrogen and oxygen atoms in total. The molecule has 0 aliphatic carbocycles. The fourth-order valence-corrected chi connectivity index (χ4v) is 3.43. The largest absolute Gasteiger partial charge is 0.486 e. The van der Waals surface area contributed by atoms with Gasteiger partial charge in [0.15, 0.2) is 0 Å². The van der Waals surface area contributed by atoms with E-state index in [1.807, 2.05) is 0 Å². The van der Waals surface area contributed by atoms with Crippen LogP contribution in [0.25, 0.3) is 0 Å². The Labute approximate surface area is 125 Å². The van der Waals surface area contributed by atoms with E-state index in [1.165, 1.54) is 11.1 Å². The van der Waals surface area contributed by atoms with Gasteiger partial charge in [0, 0.05) is 26.1 Å². The molecule has 1 unspecified atom stereocenters. The molecular weight excluding hydrogens is 266 g/mol. The lowest BCUT2D eigenvalue weighted by Crippen LogP contribution is -2.42. The zero-order chi connectivity index (χ0) is 14.9. The van der Waals surface area contributed by atoms with E-state index in [2.05, 4.69) is 30.0 Å². The molecule has 4 heteroatoms. The smallest absolute Gasteiger partial charge is 0.304 e. The Kier molecular flexibility index (Phi) is 3.89. The van der Waals surface area contributed by atoms with E-state index in [0.717, 1.165) is 44.5 Å². The maximum absolute atomic E-state index is 10.7. The highest BCUT2D eigenvalue weighted by Crippen LogP contribution is 2.39. The maximum atomic E-state index is 10.7.